The predicted molar refractivity (Wildman–Crippen MR) is 155 cm³/mol. The van der Waals surface area contributed by atoms with Gasteiger partial charge in [-0.15, -0.1) is 0 Å². The van der Waals surface area contributed by atoms with Crippen LogP contribution in [-0.2, 0) is 11.4 Å². The van der Waals surface area contributed by atoms with Gasteiger partial charge >= 0.3 is 249 Å². The summed E-state index contributed by atoms with van der Waals surface area (Å²) in [5.41, 5.74) is 8.86. The van der Waals surface area contributed by atoms with Crippen LogP contribution in [0.2, 0.25) is 0 Å². The molecule has 6 heterocycles. The number of aryl methyl sites for hydroxylation is 2. The van der Waals surface area contributed by atoms with E-state index in [0.717, 1.165) is 64.7 Å². The summed E-state index contributed by atoms with van der Waals surface area (Å²) in [6.45, 7) is 4.24. The van der Waals surface area contributed by atoms with Crippen LogP contribution in [0.5, 0.6) is 0 Å². The van der Waals surface area contributed by atoms with Crippen molar-refractivity contribution < 1.29 is 9.59 Å². The Bertz CT molecular complexity index is 2050. The third kappa shape index (κ3) is 2.89. The van der Waals surface area contributed by atoms with Crippen molar-refractivity contribution in [3.8, 4) is 37.8 Å². The third-order valence-corrected chi connectivity index (χ3v) is 18.7. The number of ketones is 2. The second-order valence-corrected chi connectivity index (χ2v) is 20.0. The van der Waals surface area contributed by atoms with Gasteiger partial charge in [-0.25, -0.2) is 0 Å². The Morgan fingerprint density at radius 3 is 1.50 bits per heavy atom. The molecule has 0 fully saturated rings. The SMILES string of the molecule is Cc1cc2c([se]1)-c1[se]c(-c3c4c(c(-c5cc6c([se]5)-c5[se]c(C)cc5C6=O)c5nsnc35)N=S=N4)cc1C2=O. The number of benzene rings is 1. The topological polar surface area (TPSA) is 84.6 Å². The standard InChI is InChI=1S/C26H10N4O2S2Se4/c1-7-3-9-21(31)11-5-13(37-25(11)23(9)35-7)15-17-19(29-33-27-17)16(20-18(15)28-34-30-20)14-6-12-22(32)10-4-8(2)36-24(10)26(12)38-14/h3-6H,1-2H3. The van der Waals surface area contributed by atoms with Gasteiger partial charge in [0, 0.05) is 0 Å². The monoisotopic (exact) mass is 794 g/mol. The molecule has 0 spiro atoms. The van der Waals surface area contributed by atoms with Gasteiger partial charge in [-0.1, -0.05) is 0 Å². The molecule has 0 amide bonds. The number of hydrogen-bond donors (Lipinski definition) is 0. The van der Waals surface area contributed by atoms with Gasteiger partial charge in [0.2, 0.25) is 0 Å². The Morgan fingerprint density at radius 1 is 0.605 bits per heavy atom. The van der Waals surface area contributed by atoms with Crippen LogP contribution in [-0.4, -0.2) is 78.3 Å². The quantitative estimate of drug-likeness (QED) is 0.231. The number of carbonyl (C=O) groups is 2. The van der Waals surface area contributed by atoms with Crippen molar-refractivity contribution in [2.24, 2.45) is 8.73 Å². The second-order valence-electron chi connectivity index (χ2n) is 9.24. The number of rotatable bonds is 2. The van der Waals surface area contributed by atoms with E-state index in [1.54, 1.807) is 0 Å². The molecule has 0 radical (unpaired) electrons. The number of carbonyl (C=O) groups excluding carboxylic acids is 2. The van der Waals surface area contributed by atoms with Crippen molar-refractivity contribution in [1.82, 2.24) is 8.75 Å². The molecular weight excluding hydrogens is 780 g/mol. The van der Waals surface area contributed by atoms with Crippen LogP contribution in [0.4, 0.5) is 11.4 Å². The van der Waals surface area contributed by atoms with E-state index in [4.69, 9.17) is 17.5 Å². The third-order valence-electron chi connectivity index (χ3n) is 6.98. The van der Waals surface area contributed by atoms with Gasteiger partial charge in [-0.2, -0.15) is 0 Å². The number of fused-ring (bicyclic) bond motifs is 8. The summed E-state index contributed by atoms with van der Waals surface area (Å²) in [7, 11) is 0. The molecule has 0 saturated carbocycles. The van der Waals surface area contributed by atoms with Gasteiger partial charge in [0.15, 0.2) is 0 Å². The normalized spacial score (nSPS) is 14.3. The fraction of sp³-hybridized carbons (Fsp3) is 0.0769. The van der Waals surface area contributed by atoms with E-state index in [0.29, 0.717) is 0 Å². The molecule has 0 N–H and O–H groups in total. The Morgan fingerprint density at radius 2 is 1.03 bits per heavy atom. The van der Waals surface area contributed by atoms with Crippen molar-refractivity contribution in [1.29, 1.82) is 0 Å². The molecule has 3 aliphatic rings. The van der Waals surface area contributed by atoms with Crippen LogP contribution in [0.1, 0.15) is 40.7 Å². The summed E-state index contributed by atoms with van der Waals surface area (Å²) >= 11 is 2.88. The summed E-state index contributed by atoms with van der Waals surface area (Å²) in [6.07, 6.45) is 0. The summed E-state index contributed by atoms with van der Waals surface area (Å²) in [5, 5.41) is 0. The van der Waals surface area contributed by atoms with E-state index in [1.165, 1.54) is 49.7 Å². The number of nitrogens with zero attached hydrogens (tertiary/aromatic N) is 4. The molecule has 2 aliphatic carbocycles. The van der Waals surface area contributed by atoms with Gasteiger partial charge in [0.25, 0.3) is 0 Å². The Kier molecular flexibility index (Phi) is 4.77. The molecule has 5 aromatic heterocycles. The molecule has 6 nitrogen and oxygen atoms in total. The average molecular weight is 790 g/mol. The van der Waals surface area contributed by atoms with Crippen molar-refractivity contribution >= 4 is 115 Å². The van der Waals surface area contributed by atoms with Crippen LogP contribution in [0.15, 0.2) is 33.0 Å². The summed E-state index contributed by atoms with van der Waals surface area (Å²) in [5.74, 6) is 0.331. The summed E-state index contributed by atoms with van der Waals surface area (Å²) in [6, 6.07) is 8.33. The minimum atomic E-state index is 0.000893. The van der Waals surface area contributed by atoms with Crippen molar-refractivity contribution in [3.63, 3.8) is 0 Å². The number of hydrogen-bond acceptors (Lipinski definition) is 7. The van der Waals surface area contributed by atoms with Crippen molar-refractivity contribution in [2.75, 3.05) is 0 Å². The van der Waals surface area contributed by atoms with Crippen molar-refractivity contribution in [3.05, 3.63) is 55.4 Å². The average Bonchev–Trinajstić information content (AvgIpc) is 3.71. The first-order chi connectivity index (χ1) is 18.5. The Hall–Kier alpha value is -1.80. The molecule has 0 unspecified atom stereocenters. The molecule has 0 saturated heterocycles. The van der Waals surface area contributed by atoms with Crippen LogP contribution in [0, 0.1) is 13.8 Å². The maximum absolute atomic E-state index is 13.2. The molecule has 1 aliphatic heterocycles. The molecular formula is C26H10N4O2S2Se4. The van der Waals surface area contributed by atoms with E-state index in [9.17, 15) is 9.59 Å². The zero-order valence-electron chi connectivity index (χ0n) is 19.4. The van der Waals surface area contributed by atoms with E-state index < -0.39 is 0 Å². The van der Waals surface area contributed by atoms with E-state index in [2.05, 4.69) is 38.1 Å². The number of aromatic nitrogens is 2. The minimum absolute atomic E-state index is 0.000893. The molecule has 9 rings (SSSR count). The summed E-state index contributed by atoms with van der Waals surface area (Å²) in [4.78, 5) is 26.4. The first kappa shape index (κ1) is 23.0. The zero-order chi connectivity index (χ0) is 25.4. The van der Waals surface area contributed by atoms with Crippen LogP contribution >= 0.6 is 11.7 Å². The molecule has 6 aromatic rings. The van der Waals surface area contributed by atoms with Gasteiger partial charge < -0.3 is 0 Å². The molecule has 0 atom stereocenters. The maximum atomic E-state index is 13.2. The first-order valence-corrected chi connectivity index (χ1v) is 19.8. The Labute approximate surface area is 246 Å². The zero-order valence-corrected chi connectivity index (χ0v) is 27.8. The van der Waals surface area contributed by atoms with E-state index in [1.807, 2.05) is 0 Å². The van der Waals surface area contributed by atoms with Gasteiger partial charge in [0.05, 0.1) is 0 Å². The molecule has 182 valence electrons. The molecule has 1 aromatic carbocycles. The van der Waals surface area contributed by atoms with E-state index in [-0.39, 0.29) is 69.6 Å². The summed E-state index contributed by atoms with van der Waals surface area (Å²) < 4.78 is 29.0. The van der Waals surface area contributed by atoms with Gasteiger partial charge in [0.1, 0.15) is 0 Å². The molecule has 0 bridgehead atoms. The van der Waals surface area contributed by atoms with Gasteiger partial charge in [-0.05, 0) is 0 Å². The second kappa shape index (κ2) is 7.90. The fourth-order valence-electron chi connectivity index (χ4n) is 5.42. The van der Waals surface area contributed by atoms with E-state index >= 15 is 0 Å². The van der Waals surface area contributed by atoms with Gasteiger partial charge in [-0.3, -0.25) is 0 Å². The predicted octanol–water partition coefficient (Wildman–Crippen LogP) is 5.02. The fourth-order valence-corrected chi connectivity index (χ4v) is 17.3. The van der Waals surface area contributed by atoms with Crippen LogP contribution in [0.25, 0.3) is 48.8 Å². The molecule has 38 heavy (non-hydrogen) atoms. The van der Waals surface area contributed by atoms with Crippen LogP contribution < -0.4 is 0 Å². The Balaban J connectivity index is 1.28. The first-order valence-electron chi connectivity index (χ1n) is 11.5. The molecule has 12 heteroatoms. The van der Waals surface area contributed by atoms with Crippen LogP contribution in [0.3, 0.4) is 0 Å². The van der Waals surface area contributed by atoms with Crippen molar-refractivity contribution in [2.45, 2.75) is 13.8 Å².